The molecule has 2 heterocycles. The molecule has 1 aliphatic heterocycles. The number of piperazine rings is 1. The van der Waals surface area contributed by atoms with Crippen LogP contribution in [0.25, 0.3) is 10.2 Å². The van der Waals surface area contributed by atoms with Crippen LogP contribution in [-0.2, 0) is 6.18 Å². The second-order valence-electron chi connectivity index (χ2n) is 4.38. The lowest BCUT2D eigenvalue weighted by molar-refractivity contribution is -0.136. The number of aromatic nitrogens is 1. The number of hydrogen-bond acceptors (Lipinski definition) is 4. The van der Waals surface area contributed by atoms with E-state index in [2.05, 4.69) is 10.3 Å². The fraction of sp³-hybridized carbons (Fsp3) is 0.417. The van der Waals surface area contributed by atoms with Gasteiger partial charge in [0.2, 0.25) is 0 Å². The van der Waals surface area contributed by atoms with E-state index < -0.39 is 11.7 Å². The van der Waals surface area contributed by atoms with Crippen LogP contribution < -0.4 is 10.2 Å². The molecule has 0 saturated carbocycles. The van der Waals surface area contributed by atoms with Gasteiger partial charge in [0.1, 0.15) is 0 Å². The molecular weight excluding hydrogens is 275 g/mol. The lowest BCUT2D eigenvalue weighted by Gasteiger charge is -2.26. The number of fused-ring (bicyclic) bond motifs is 1. The molecule has 2 aromatic rings. The molecule has 1 N–H and O–H groups in total. The van der Waals surface area contributed by atoms with Crippen molar-refractivity contribution in [3.63, 3.8) is 0 Å². The van der Waals surface area contributed by atoms with E-state index >= 15 is 0 Å². The largest absolute Gasteiger partial charge is 0.418 e. The first-order chi connectivity index (χ1) is 9.05. The molecule has 3 rings (SSSR count). The number of benzene rings is 1. The first-order valence-corrected chi connectivity index (χ1v) is 6.80. The van der Waals surface area contributed by atoms with Crippen LogP contribution >= 0.6 is 11.3 Å². The summed E-state index contributed by atoms with van der Waals surface area (Å²) in [5.74, 6) is 0. The lowest BCUT2D eigenvalue weighted by Crippen LogP contribution is -2.43. The molecule has 1 aromatic heterocycles. The van der Waals surface area contributed by atoms with Crippen LogP contribution in [0.5, 0.6) is 0 Å². The fourth-order valence-corrected chi connectivity index (χ4v) is 3.20. The molecule has 102 valence electrons. The molecule has 1 fully saturated rings. The highest BCUT2D eigenvalue weighted by Gasteiger charge is 2.34. The van der Waals surface area contributed by atoms with E-state index in [0.29, 0.717) is 9.83 Å². The minimum Gasteiger partial charge on any atom is -0.346 e. The van der Waals surface area contributed by atoms with Crippen LogP contribution in [0.1, 0.15) is 5.56 Å². The smallest absolute Gasteiger partial charge is 0.346 e. The summed E-state index contributed by atoms with van der Waals surface area (Å²) in [7, 11) is 0. The Morgan fingerprint density at radius 3 is 2.63 bits per heavy atom. The van der Waals surface area contributed by atoms with Crippen molar-refractivity contribution in [3.8, 4) is 0 Å². The minimum atomic E-state index is -4.35. The Kier molecular flexibility index (Phi) is 3.10. The van der Waals surface area contributed by atoms with Gasteiger partial charge in [-0.15, -0.1) is 0 Å². The van der Waals surface area contributed by atoms with E-state index in [1.807, 2.05) is 4.90 Å². The zero-order valence-electron chi connectivity index (χ0n) is 10.00. The van der Waals surface area contributed by atoms with Crippen molar-refractivity contribution in [2.75, 3.05) is 31.1 Å². The summed E-state index contributed by atoms with van der Waals surface area (Å²) in [5.41, 5.74) is -0.587. The van der Waals surface area contributed by atoms with Crippen molar-refractivity contribution >= 4 is 26.7 Å². The zero-order chi connectivity index (χ0) is 13.5. The Labute approximate surface area is 112 Å². The van der Waals surface area contributed by atoms with E-state index in [4.69, 9.17) is 0 Å². The average Bonchev–Trinajstić information content (AvgIpc) is 2.82. The number of rotatable bonds is 1. The van der Waals surface area contributed by atoms with Gasteiger partial charge in [0, 0.05) is 26.2 Å². The molecule has 1 aliphatic rings. The van der Waals surface area contributed by atoms with Gasteiger partial charge in [-0.25, -0.2) is 4.98 Å². The molecular formula is C12H12F3N3S. The predicted octanol–water partition coefficient (Wildman–Crippen LogP) is 2.72. The van der Waals surface area contributed by atoms with Gasteiger partial charge in [-0.1, -0.05) is 17.4 Å². The second kappa shape index (κ2) is 4.64. The molecule has 0 radical (unpaired) electrons. The molecule has 0 amide bonds. The molecule has 19 heavy (non-hydrogen) atoms. The molecule has 0 spiro atoms. The molecule has 0 unspecified atom stereocenters. The van der Waals surface area contributed by atoms with Gasteiger partial charge in [-0.05, 0) is 12.1 Å². The highest BCUT2D eigenvalue weighted by molar-refractivity contribution is 7.22. The SMILES string of the molecule is FC(F)(F)c1cccc2sc(N3CCNCC3)nc12. The second-order valence-corrected chi connectivity index (χ2v) is 5.39. The number of hydrogen-bond donors (Lipinski definition) is 1. The monoisotopic (exact) mass is 287 g/mol. The summed E-state index contributed by atoms with van der Waals surface area (Å²) in [4.78, 5) is 6.23. The Bertz CT molecular complexity index is 587. The number of nitrogens with one attached hydrogen (secondary N) is 1. The van der Waals surface area contributed by atoms with E-state index in [1.165, 1.54) is 17.4 Å². The van der Waals surface area contributed by atoms with Crippen LogP contribution in [0.3, 0.4) is 0 Å². The van der Waals surface area contributed by atoms with E-state index in [1.54, 1.807) is 6.07 Å². The summed E-state index contributed by atoms with van der Waals surface area (Å²) in [6.07, 6.45) is -4.35. The highest BCUT2D eigenvalue weighted by Crippen LogP contribution is 2.38. The summed E-state index contributed by atoms with van der Waals surface area (Å²) >= 11 is 1.32. The molecule has 1 aromatic carbocycles. The summed E-state index contributed by atoms with van der Waals surface area (Å²) in [6.45, 7) is 3.23. The van der Waals surface area contributed by atoms with Gasteiger partial charge < -0.3 is 10.2 Å². The molecule has 3 nitrogen and oxygen atoms in total. The summed E-state index contributed by atoms with van der Waals surface area (Å²) in [6, 6.07) is 4.21. The number of halogens is 3. The maximum absolute atomic E-state index is 12.9. The predicted molar refractivity (Wildman–Crippen MR) is 69.7 cm³/mol. The Morgan fingerprint density at radius 1 is 1.21 bits per heavy atom. The molecule has 0 atom stereocenters. The van der Waals surface area contributed by atoms with Crippen molar-refractivity contribution in [3.05, 3.63) is 23.8 Å². The van der Waals surface area contributed by atoms with Crippen LogP contribution in [0, 0.1) is 0 Å². The van der Waals surface area contributed by atoms with Crippen LogP contribution in [0.2, 0.25) is 0 Å². The lowest BCUT2D eigenvalue weighted by atomic mass is 10.2. The van der Waals surface area contributed by atoms with E-state index in [-0.39, 0.29) is 5.52 Å². The average molecular weight is 287 g/mol. The third-order valence-electron chi connectivity index (χ3n) is 3.10. The summed E-state index contributed by atoms with van der Waals surface area (Å²) in [5, 5.41) is 3.88. The summed E-state index contributed by atoms with van der Waals surface area (Å²) < 4.78 is 39.3. The molecule has 0 bridgehead atoms. The number of nitrogens with zero attached hydrogens (tertiary/aromatic N) is 2. The minimum absolute atomic E-state index is 0.0635. The fourth-order valence-electron chi connectivity index (χ4n) is 2.16. The molecule has 0 aliphatic carbocycles. The van der Waals surface area contributed by atoms with Gasteiger partial charge in [-0.3, -0.25) is 0 Å². The normalized spacial score (nSPS) is 17.1. The van der Waals surface area contributed by atoms with Gasteiger partial charge >= 0.3 is 6.18 Å². The third kappa shape index (κ3) is 2.40. The first kappa shape index (κ1) is 12.7. The maximum Gasteiger partial charge on any atom is 0.418 e. The van der Waals surface area contributed by atoms with Crippen LogP contribution in [0.15, 0.2) is 18.2 Å². The van der Waals surface area contributed by atoms with Crippen molar-refractivity contribution in [1.29, 1.82) is 0 Å². The maximum atomic E-state index is 12.9. The van der Waals surface area contributed by atoms with Crippen molar-refractivity contribution in [2.24, 2.45) is 0 Å². The standard InChI is InChI=1S/C12H12F3N3S/c13-12(14,15)8-2-1-3-9-10(8)17-11(19-9)18-6-4-16-5-7-18/h1-3,16H,4-7H2. The van der Waals surface area contributed by atoms with Crippen LogP contribution in [0.4, 0.5) is 18.3 Å². The van der Waals surface area contributed by atoms with Crippen molar-refractivity contribution in [2.45, 2.75) is 6.18 Å². The third-order valence-corrected chi connectivity index (χ3v) is 4.18. The van der Waals surface area contributed by atoms with Gasteiger partial charge in [0.25, 0.3) is 0 Å². The Morgan fingerprint density at radius 2 is 1.95 bits per heavy atom. The van der Waals surface area contributed by atoms with Crippen molar-refractivity contribution < 1.29 is 13.2 Å². The van der Waals surface area contributed by atoms with E-state index in [9.17, 15) is 13.2 Å². The van der Waals surface area contributed by atoms with Gasteiger partial charge in [0.15, 0.2) is 5.13 Å². The zero-order valence-corrected chi connectivity index (χ0v) is 10.8. The number of anilines is 1. The number of thiazole rings is 1. The molecule has 1 saturated heterocycles. The van der Waals surface area contributed by atoms with Gasteiger partial charge in [-0.2, -0.15) is 13.2 Å². The topological polar surface area (TPSA) is 28.2 Å². The van der Waals surface area contributed by atoms with E-state index in [0.717, 1.165) is 32.2 Å². The van der Waals surface area contributed by atoms with Crippen LogP contribution in [-0.4, -0.2) is 31.2 Å². The number of alkyl halides is 3. The first-order valence-electron chi connectivity index (χ1n) is 5.98. The highest BCUT2D eigenvalue weighted by atomic mass is 32.1. The van der Waals surface area contributed by atoms with Crippen molar-refractivity contribution in [1.82, 2.24) is 10.3 Å². The Balaban J connectivity index is 2.05. The van der Waals surface area contributed by atoms with Gasteiger partial charge in [0.05, 0.1) is 15.8 Å². The molecule has 7 heteroatoms. The Hall–Kier alpha value is -1.34. The number of para-hydroxylation sites is 1. The quantitative estimate of drug-likeness (QED) is 0.874.